The number of anilines is 1. The van der Waals surface area contributed by atoms with Crippen LogP contribution in [0.25, 0.3) is 10.9 Å². The van der Waals surface area contributed by atoms with Crippen molar-refractivity contribution in [2.75, 3.05) is 18.4 Å². The highest BCUT2D eigenvalue weighted by atomic mass is 16.2. The fourth-order valence-electron chi connectivity index (χ4n) is 2.73. The lowest BCUT2D eigenvalue weighted by molar-refractivity contribution is -0.124. The summed E-state index contributed by atoms with van der Waals surface area (Å²) < 4.78 is 0. The third-order valence-electron chi connectivity index (χ3n) is 4.14. The summed E-state index contributed by atoms with van der Waals surface area (Å²) in [6, 6.07) is 5.79. The molecule has 0 spiro atoms. The second-order valence-electron chi connectivity index (χ2n) is 5.15. The molecule has 1 aromatic carbocycles. The minimum Gasteiger partial charge on any atom is -0.325 e. The zero-order chi connectivity index (χ0) is 13.3. The summed E-state index contributed by atoms with van der Waals surface area (Å²) in [6.45, 7) is 3.75. The van der Waals surface area contributed by atoms with E-state index in [0.717, 1.165) is 42.5 Å². The van der Waals surface area contributed by atoms with Gasteiger partial charge in [0.2, 0.25) is 5.91 Å². The third kappa shape index (κ3) is 2.00. The first-order chi connectivity index (χ1) is 9.25. The van der Waals surface area contributed by atoms with E-state index in [0.29, 0.717) is 0 Å². The maximum Gasteiger partial charge on any atom is 0.231 e. The fourth-order valence-corrected chi connectivity index (χ4v) is 2.73. The molecular weight excluding hydrogens is 240 g/mol. The number of H-pyrrole nitrogens is 1. The molecule has 1 atom stereocenters. The minimum atomic E-state index is -0.272. The Balaban J connectivity index is 1.88. The van der Waals surface area contributed by atoms with Crippen LogP contribution in [0.5, 0.6) is 0 Å². The molecular formula is C14H18N4O. The number of carbonyl (C=O) groups excluding carboxylic acids is 1. The van der Waals surface area contributed by atoms with Crippen molar-refractivity contribution in [2.45, 2.75) is 19.8 Å². The van der Waals surface area contributed by atoms with Gasteiger partial charge in [-0.05, 0) is 31.5 Å². The SMILES string of the molecule is CCC1(C(=O)Nc2cccc3[nH]ncc23)CCNC1. The molecule has 3 N–H and O–H groups in total. The number of hydrogen-bond donors (Lipinski definition) is 3. The van der Waals surface area contributed by atoms with Crippen LogP contribution in [0.3, 0.4) is 0 Å². The maximum atomic E-state index is 12.6. The van der Waals surface area contributed by atoms with Crippen molar-refractivity contribution >= 4 is 22.5 Å². The van der Waals surface area contributed by atoms with E-state index in [1.165, 1.54) is 0 Å². The standard InChI is InChI=1S/C14H18N4O/c1-2-14(6-7-15-9-14)13(19)17-11-4-3-5-12-10(11)8-16-18-12/h3-5,8,15H,2,6-7,9H2,1H3,(H,16,18)(H,17,19). The molecule has 2 aromatic rings. The Kier molecular flexibility index (Phi) is 2.98. The van der Waals surface area contributed by atoms with Crippen LogP contribution in [0, 0.1) is 5.41 Å². The maximum absolute atomic E-state index is 12.6. The van der Waals surface area contributed by atoms with E-state index in [2.05, 4.69) is 27.8 Å². The number of rotatable bonds is 3. The summed E-state index contributed by atoms with van der Waals surface area (Å²) in [5, 5.41) is 14.2. The summed E-state index contributed by atoms with van der Waals surface area (Å²) in [5.41, 5.74) is 1.50. The molecule has 1 saturated heterocycles. The van der Waals surface area contributed by atoms with Gasteiger partial charge in [0.05, 0.1) is 22.8 Å². The molecule has 1 fully saturated rings. The molecule has 19 heavy (non-hydrogen) atoms. The molecule has 1 unspecified atom stereocenters. The first kappa shape index (κ1) is 12.2. The highest BCUT2D eigenvalue weighted by Crippen LogP contribution is 2.32. The van der Waals surface area contributed by atoms with Crippen LogP contribution in [0.4, 0.5) is 5.69 Å². The molecule has 1 aliphatic heterocycles. The molecule has 5 heteroatoms. The molecule has 0 radical (unpaired) electrons. The van der Waals surface area contributed by atoms with Crippen molar-refractivity contribution < 1.29 is 4.79 Å². The smallest absolute Gasteiger partial charge is 0.231 e. The number of carbonyl (C=O) groups is 1. The highest BCUT2D eigenvalue weighted by Gasteiger charge is 2.39. The number of aromatic nitrogens is 2. The van der Waals surface area contributed by atoms with Gasteiger partial charge in [0.25, 0.3) is 0 Å². The van der Waals surface area contributed by atoms with E-state index < -0.39 is 0 Å². The van der Waals surface area contributed by atoms with E-state index in [1.807, 2.05) is 18.2 Å². The quantitative estimate of drug-likeness (QED) is 0.787. The molecule has 1 aromatic heterocycles. The molecule has 3 rings (SSSR count). The zero-order valence-electron chi connectivity index (χ0n) is 11.0. The predicted molar refractivity (Wildman–Crippen MR) is 74.9 cm³/mol. The Morgan fingerprint density at radius 2 is 2.42 bits per heavy atom. The summed E-state index contributed by atoms with van der Waals surface area (Å²) >= 11 is 0. The van der Waals surface area contributed by atoms with Gasteiger partial charge in [-0.25, -0.2) is 0 Å². The monoisotopic (exact) mass is 258 g/mol. The van der Waals surface area contributed by atoms with Crippen molar-refractivity contribution in [2.24, 2.45) is 5.41 Å². The van der Waals surface area contributed by atoms with Crippen molar-refractivity contribution in [3.8, 4) is 0 Å². The van der Waals surface area contributed by atoms with Crippen LogP contribution in [0.2, 0.25) is 0 Å². The predicted octanol–water partition coefficient (Wildman–Crippen LogP) is 1.89. The molecule has 0 saturated carbocycles. The number of benzene rings is 1. The van der Waals surface area contributed by atoms with Gasteiger partial charge in [-0.1, -0.05) is 13.0 Å². The number of fused-ring (bicyclic) bond motifs is 1. The van der Waals surface area contributed by atoms with Crippen molar-refractivity contribution in [3.63, 3.8) is 0 Å². The summed E-state index contributed by atoms with van der Waals surface area (Å²) in [5.74, 6) is 0.105. The van der Waals surface area contributed by atoms with Crippen LogP contribution in [0.1, 0.15) is 19.8 Å². The highest BCUT2D eigenvalue weighted by molar-refractivity contribution is 6.03. The zero-order valence-corrected chi connectivity index (χ0v) is 11.0. The van der Waals surface area contributed by atoms with Gasteiger partial charge in [-0.2, -0.15) is 5.10 Å². The number of amides is 1. The van der Waals surface area contributed by atoms with E-state index >= 15 is 0 Å². The lowest BCUT2D eigenvalue weighted by atomic mass is 9.83. The molecule has 100 valence electrons. The van der Waals surface area contributed by atoms with Gasteiger partial charge in [0, 0.05) is 11.9 Å². The Hall–Kier alpha value is -1.88. The van der Waals surface area contributed by atoms with Crippen LogP contribution in [-0.4, -0.2) is 29.2 Å². The molecule has 1 amide bonds. The van der Waals surface area contributed by atoms with E-state index in [1.54, 1.807) is 6.20 Å². The van der Waals surface area contributed by atoms with Gasteiger partial charge >= 0.3 is 0 Å². The van der Waals surface area contributed by atoms with Gasteiger partial charge < -0.3 is 10.6 Å². The summed E-state index contributed by atoms with van der Waals surface area (Å²) in [7, 11) is 0. The summed E-state index contributed by atoms with van der Waals surface area (Å²) in [6.07, 6.45) is 3.50. The second-order valence-corrected chi connectivity index (χ2v) is 5.15. The topological polar surface area (TPSA) is 69.8 Å². The fraction of sp³-hybridized carbons (Fsp3) is 0.429. The normalized spacial score (nSPS) is 22.8. The van der Waals surface area contributed by atoms with Gasteiger partial charge in [0.1, 0.15) is 0 Å². The average Bonchev–Trinajstić information content (AvgIpc) is 3.08. The van der Waals surface area contributed by atoms with Crippen molar-refractivity contribution in [3.05, 3.63) is 24.4 Å². The average molecular weight is 258 g/mol. The number of hydrogen-bond acceptors (Lipinski definition) is 3. The van der Waals surface area contributed by atoms with Gasteiger partial charge in [0.15, 0.2) is 0 Å². The van der Waals surface area contributed by atoms with Gasteiger partial charge in [-0.15, -0.1) is 0 Å². The minimum absolute atomic E-state index is 0.105. The number of nitrogens with one attached hydrogen (secondary N) is 3. The van der Waals surface area contributed by atoms with E-state index in [-0.39, 0.29) is 11.3 Å². The molecule has 0 bridgehead atoms. The first-order valence-electron chi connectivity index (χ1n) is 6.69. The first-order valence-corrected chi connectivity index (χ1v) is 6.69. The number of aromatic amines is 1. The largest absolute Gasteiger partial charge is 0.325 e. The van der Waals surface area contributed by atoms with E-state index in [4.69, 9.17) is 0 Å². The van der Waals surface area contributed by atoms with Crippen molar-refractivity contribution in [1.29, 1.82) is 0 Å². The van der Waals surface area contributed by atoms with Crippen LogP contribution in [-0.2, 0) is 4.79 Å². The molecule has 2 heterocycles. The number of nitrogens with zero attached hydrogens (tertiary/aromatic N) is 1. The Labute approximate surface area is 111 Å². The Morgan fingerprint density at radius 1 is 1.53 bits per heavy atom. The second kappa shape index (κ2) is 4.66. The van der Waals surface area contributed by atoms with Crippen LogP contribution in [0.15, 0.2) is 24.4 Å². The van der Waals surface area contributed by atoms with Crippen LogP contribution >= 0.6 is 0 Å². The Morgan fingerprint density at radius 3 is 3.16 bits per heavy atom. The van der Waals surface area contributed by atoms with Crippen LogP contribution < -0.4 is 10.6 Å². The van der Waals surface area contributed by atoms with E-state index in [9.17, 15) is 4.79 Å². The lowest BCUT2D eigenvalue weighted by Crippen LogP contribution is -2.37. The molecule has 5 nitrogen and oxygen atoms in total. The summed E-state index contributed by atoms with van der Waals surface area (Å²) in [4.78, 5) is 12.6. The van der Waals surface area contributed by atoms with Gasteiger partial charge in [-0.3, -0.25) is 9.89 Å². The van der Waals surface area contributed by atoms with Crippen molar-refractivity contribution in [1.82, 2.24) is 15.5 Å². The molecule has 0 aliphatic carbocycles. The molecule has 1 aliphatic rings. The third-order valence-corrected chi connectivity index (χ3v) is 4.14. The lowest BCUT2D eigenvalue weighted by Gasteiger charge is -2.25. The Bertz CT molecular complexity index is 598.